The first-order chi connectivity index (χ1) is 9.79. The molecular weight excluding hydrogens is 254 g/mol. The van der Waals surface area contributed by atoms with Gasteiger partial charge in [0.2, 0.25) is 5.91 Å². The van der Waals surface area contributed by atoms with Crippen LogP contribution in [0.25, 0.3) is 0 Å². The number of nitrogens with zero attached hydrogens (tertiary/aromatic N) is 1. The largest absolute Gasteiger partial charge is 0.494 e. The van der Waals surface area contributed by atoms with Gasteiger partial charge in [0, 0.05) is 26.1 Å². The Morgan fingerprint density at radius 1 is 1.35 bits per heavy atom. The molecule has 20 heavy (non-hydrogen) atoms. The molecule has 1 aliphatic rings. The normalized spacial score (nSPS) is 18.2. The zero-order chi connectivity index (χ0) is 14.2. The number of rotatable bonds is 7. The van der Waals surface area contributed by atoms with E-state index < -0.39 is 0 Å². The molecule has 1 heterocycles. The predicted molar refractivity (Wildman–Crippen MR) is 77.6 cm³/mol. The Kier molecular flexibility index (Phi) is 5.87. The van der Waals surface area contributed by atoms with E-state index in [4.69, 9.17) is 9.84 Å². The fraction of sp³-hybridized carbons (Fsp3) is 0.562. The lowest BCUT2D eigenvalue weighted by Gasteiger charge is -2.16. The highest BCUT2D eigenvalue weighted by Crippen LogP contribution is 2.20. The summed E-state index contributed by atoms with van der Waals surface area (Å²) in [7, 11) is 0. The van der Waals surface area contributed by atoms with E-state index in [1.54, 1.807) is 0 Å². The van der Waals surface area contributed by atoms with Crippen LogP contribution >= 0.6 is 0 Å². The molecule has 0 bridgehead atoms. The number of hydrogen-bond acceptors (Lipinski definition) is 3. The molecule has 1 aromatic carbocycles. The van der Waals surface area contributed by atoms with Crippen molar-refractivity contribution in [2.75, 3.05) is 26.3 Å². The van der Waals surface area contributed by atoms with Gasteiger partial charge in [-0.15, -0.1) is 0 Å². The fourth-order valence-electron chi connectivity index (χ4n) is 2.57. The lowest BCUT2D eigenvalue weighted by atomic mass is 10.1. The first-order valence-electron chi connectivity index (χ1n) is 7.36. The standard InChI is InChI=1S/C16H23NO3/c18-11-9-14-8-10-17(13-14)16(19)7-4-12-20-15-5-2-1-3-6-15/h1-3,5-6,14,18H,4,7-13H2. The maximum absolute atomic E-state index is 12.0. The molecule has 1 aromatic rings. The molecular formula is C16H23NO3. The van der Waals surface area contributed by atoms with E-state index in [1.165, 1.54) is 0 Å². The van der Waals surface area contributed by atoms with Crippen molar-refractivity contribution >= 4 is 5.91 Å². The smallest absolute Gasteiger partial charge is 0.222 e. The molecule has 1 amide bonds. The van der Waals surface area contributed by atoms with Crippen LogP contribution in [-0.4, -0.2) is 42.2 Å². The van der Waals surface area contributed by atoms with Crippen LogP contribution in [0.3, 0.4) is 0 Å². The van der Waals surface area contributed by atoms with E-state index in [1.807, 2.05) is 35.2 Å². The third kappa shape index (κ3) is 4.53. The van der Waals surface area contributed by atoms with Gasteiger partial charge in [0.15, 0.2) is 0 Å². The number of carbonyl (C=O) groups excluding carboxylic acids is 1. The first kappa shape index (κ1) is 14.9. The first-order valence-corrected chi connectivity index (χ1v) is 7.36. The van der Waals surface area contributed by atoms with Crippen molar-refractivity contribution in [1.82, 2.24) is 4.90 Å². The van der Waals surface area contributed by atoms with Crippen LogP contribution in [0.15, 0.2) is 30.3 Å². The van der Waals surface area contributed by atoms with E-state index in [-0.39, 0.29) is 12.5 Å². The van der Waals surface area contributed by atoms with Crippen molar-refractivity contribution in [3.8, 4) is 5.75 Å². The Bertz CT molecular complexity index is 407. The van der Waals surface area contributed by atoms with Crippen LogP contribution in [-0.2, 0) is 4.79 Å². The molecule has 0 radical (unpaired) electrons. The Labute approximate surface area is 120 Å². The molecule has 4 nitrogen and oxygen atoms in total. The van der Waals surface area contributed by atoms with Gasteiger partial charge >= 0.3 is 0 Å². The zero-order valence-corrected chi connectivity index (χ0v) is 11.8. The van der Waals surface area contributed by atoms with Crippen molar-refractivity contribution in [3.63, 3.8) is 0 Å². The highest BCUT2D eigenvalue weighted by molar-refractivity contribution is 5.76. The van der Waals surface area contributed by atoms with Crippen LogP contribution in [0.2, 0.25) is 0 Å². The number of hydrogen-bond donors (Lipinski definition) is 1. The van der Waals surface area contributed by atoms with Crippen molar-refractivity contribution in [2.45, 2.75) is 25.7 Å². The van der Waals surface area contributed by atoms with E-state index in [9.17, 15) is 4.79 Å². The van der Waals surface area contributed by atoms with Crippen LogP contribution < -0.4 is 4.74 Å². The average molecular weight is 277 g/mol. The van der Waals surface area contributed by atoms with Gasteiger partial charge < -0.3 is 14.7 Å². The second-order valence-corrected chi connectivity index (χ2v) is 5.27. The van der Waals surface area contributed by atoms with Crippen molar-refractivity contribution in [3.05, 3.63) is 30.3 Å². The van der Waals surface area contributed by atoms with E-state index in [2.05, 4.69) is 0 Å². The Morgan fingerprint density at radius 2 is 2.15 bits per heavy atom. The lowest BCUT2D eigenvalue weighted by Crippen LogP contribution is -2.28. The number of aliphatic hydroxyl groups is 1. The van der Waals surface area contributed by atoms with Gasteiger partial charge in [-0.3, -0.25) is 4.79 Å². The van der Waals surface area contributed by atoms with Gasteiger partial charge in [-0.05, 0) is 37.3 Å². The van der Waals surface area contributed by atoms with Gasteiger partial charge in [0.1, 0.15) is 5.75 Å². The number of amides is 1. The number of carbonyl (C=O) groups is 1. The summed E-state index contributed by atoms with van der Waals surface area (Å²) in [6.45, 7) is 2.43. The third-order valence-corrected chi connectivity index (χ3v) is 3.72. The molecule has 0 saturated carbocycles. The van der Waals surface area contributed by atoms with Crippen molar-refractivity contribution < 1.29 is 14.6 Å². The monoisotopic (exact) mass is 277 g/mol. The molecule has 4 heteroatoms. The lowest BCUT2D eigenvalue weighted by molar-refractivity contribution is -0.130. The van der Waals surface area contributed by atoms with Crippen molar-refractivity contribution in [2.24, 2.45) is 5.92 Å². The maximum Gasteiger partial charge on any atom is 0.222 e. The minimum absolute atomic E-state index is 0.210. The number of benzene rings is 1. The number of aliphatic hydroxyl groups excluding tert-OH is 1. The summed E-state index contributed by atoms with van der Waals surface area (Å²) in [5, 5.41) is 8.91. The summed E-state index contributed by atoms with van der Waals surface area (Å²) in [6, 6.07) is 9.66. The Morgan fingerprint density at radius 3 is 2.90 bits per heavy atom. The van der Waals surface area contributed by atoms with Gasteiger partial charge in [-0.1, -0.05) is 18.2 Å². The molecule has 0 aromatic heterocycles. The third-order valence-electron chi connectivity index (χ3n) is 3.72. The molecule has 1 atom stereocenters. The average Bonchev–Trinajstić information content (AvgIpc) is 2.94. The Hall–Kier alpha value is -1.55. The molecule has 1 aliphatic heterocycles. The molecule has 0 aliphatic carbocycles. The molecule has 2 rings (SSSR count). The van der Waals surface area contributed by atoms with Crippen LogP contribution in [0.4, 0.5) is 0 Å². The van der Waals surface area contributed by atoms with Crippen LogP contribution in [0.1, 0.15) is 25.7 Å². The van der Waals surface area contributed by atoms with E-state index >= 15 is 0 Å². The summed E-state index contributed by atoms with van der Waals surface area (Å²) in [6.07, 6.45) is 3.11. The van der Waals surface area contributed by atoms with E-state index in [0.717, 1.165) is 38.1 Å². The molecule has 1 unspecified atom stereocenters. The number of ether oxygens (including phenoxy) is 1. The topological polar surface area (TPSA) is 49.8 Å². The summed E-state index contributed by atoms with van der Waals surface area (Å²) >= 11 is 0. The summed E-state index contributed by atoms with van der Waals surface area (Å²) in [4.78, 5) is 13.9. The second-order valence-electron chi connectivity index (χ2n) is 5.27. The predicted octanol–water partition coefficient (Wildman–Crippen LogP) is 2.08. The minimum Gasteiger partial charge on any atom is -0.494 e. The van der Waals surface area contributed by atoms with Crippen LogP contribution in [0, 0.1) is 5.92 Å². The van der Waals surface area contributed by atoms with Gasteiger partial charge in [-0.25, -0.2) is 0 Å². The second kappa shape index (κ2) is 7.90. The summed E-state index contributed by atoms with van der Waals surface area (Å²) < 4.78 is 5.57. The number of para-hydroxylation sites is 1. The van der Waals surface area contributed by atoms with Crippen molar-refractivity contribution in [1.29, 1.82) is 0 Å². The summed E-state index contributed by atoms with van der Waals surface area (Å²) in [5.74, 6) is 1.54. The maximum atomic E-state index is 12.0. The van der Waals surface area contributed by atoms with Crippen LogP contribution in [0.5, 0.6) is 5.75 Å². The quantitative estimate of drug-likeness (QED) is 0.776. The minimum atomic E-state index is 0.210. The molecule has 1 N–H and O–H groups in total. The number of likely N-dealkylation sites (tertiary alicyclic amines) is 1. The molecule has 1 saturated heterocycles. The highest BCUT2D eigenvalue weighted by atomic mass is 16.5. The Balaban J connectivity index is 1.61. The summed E-state index contributed by atoms with van der Waals surface area (Å²) in [5.41, 5.74) is 0. The van der Waals surface area contributed by atoms with Gasteiger partial charge in [0.05, 0.1) is 6.61 Å². The molecule has 0 spiro atoms. The van der Waals surface area contributed by atoms with E-state index in [0.29, 0.717) is 18.9 Å². The highest BCUT2D eigenvalue weighted by Gasteiger charge is 2.25. The fourth-order valence-corrected chi connectivity index (χ4v) is 2.57. The zero-order valence-electron chi connectivity index (χ0n) is 11.8. The molecule has 110 valence electrons. The SMILES string of the molecule is O=C(CCCOc1ccccc1)N1CCC(CCO)C1. The molecule has 1 fully saturated rings. The van der Waals surface area contributed by atoms with Gasteiger partial charge in [0.25, 0.3) is 0 Å². The van der Waals surface area contributed by atoms with Gasteiger partial charge in [-0.2, -0.15) is 0 Å².